The molecule has 1 aromatic rings. The molecule has 6 nitrogen and oxygen atoms in total. The zero-order valence-corrected chi connectivity index (χ0v) is 13.8. The maximum atomic E-state index is 12.8. The summed E-state index contributed by atoms with van der Waals surface area (Å²) in [6.45, 7) is 2.06. The molecule has 122 valence electrons. The van der Waals surface area contributed by atoms with Crippen LogP contribution in [0.3, 0.4) is 0 Å². The van der Waals surface area contributed by atoms with Gasteiger partial charge in [0.25, 0.3) is 0 Å². The molecule has 0 aliphatic carbocycles. The zero-order chi connectivity index (χ0) is 15.7. The molecule has 1 fully saturated rings. The first kappa shape index (κ1) is 15.6. The fourth-order valence-electron chi connectivity index (χ4n) is 2.93. The molecule has 0 amide bonds. The lowest BCUT2D eigenvalue weighted by atomic mass is 10.1. The van der Waals surface area contributed by atoms with Crippen molar-refractivity contribution in [3.05, 3.63) is 18.2 Å². The highest BCUT2D eigenvalue weighted by atomic mass is 32.2. The first-order valence-electron chi connectivity index (χ1n) is 7.55. The fourth-order valence-corrected chi connectivity index (χ4v) is 4.42. The minimum Gasteiger partial charge on any atom is -0.486 e. The Morgan fingerprint density at radius 2 is 1.73 bits per heavy atom. The van der Waals surface area contributed by atoms with Gasteiger partial charge in [0, 0.05) is 25.2 Å². The molecular formula is C15H22N2O4S. The van der Waals surface area contributed by atoms with Crippen molar-refractivity contribution in [1.82, 2.24) is 9.21 Å². The van der Waals surface area contributed by atoms with E-state index in [1.165, 1.54) is 0 Å². The molecule has 2 aliphatic heterocycles. The van der Waals surface area contributed by atoms with Gasteiger partial charge in [-0.15, -0.1) is 0 Å². The molecule has 0 N–H and O–H groups in total. The number of piperidine rings is 1. The van der Waals surface area contributed by atoms with Crippen LogP contribution in [0.2, 0.25) is 0 Å². The molecule has 2 heterocycles. The Morgan fingerprint density at radius 3 is 2.36 bits per heavy atom. The summed E-state index contributed by atoms with van der Waals surface area (Å²) in [6.07, 6.45) is 1.72. The van der Waals surface area contributed by atoms with Crippen molar-refractivity contribution < 1.29 is 17.9 Å². The van der Waals surface area contributed by atoms with Gasteiger partial charge in [0.05, 0.1) is 4.90 Å². The third kappa shape index (κ3) is 2.93. The molecule has 0 saturated carbocycles. The van der Waals surface area contributed by atoms with Crippen molar-refractivity contribution in [2.75, 3.05) is 40.4 Å². The average Bonchev–Trinajstić information content (AvgIpc) is 2.54. The van der Waals surface area contributed by atoms with Crippen molar-refractivity contribution in [2.24, 2.45) is 0 Å². The van der Waals surface area contributed by atoms with E-state index in [0.29, 0.717) is 43.8 Å². The maximum Gasteiger partial charge on any atom is 0.243 e. The minimum atomic E-state index is -3.47. The van der Waals surface area contributed by atoms with E-state index in [1.54, 1.807) is 22.5 Å². The van der Waals surface area contributed by atoms with Crippen LogP contribution in [0, 0.1) is 0 Å². The standard InChI is InChI=1S/C15H22N2O4S/c1-16(2)12-5-7-17(8-6-12)22(18,19)13-3-4-14-15(11-13)21-10-9-20-14/h3-4,11-12H,5-10H2,1-2H3. The SMILES string of the molecule is CN(C)C1CCN(S(=O)(=O)c2ccc3c(c2)OCCO3)CC1. The molecule has 0 aromatic heterocycles. The van der Waals surface area contributed by atoms with Crippen molar-refractivity contribution in [2.45, 2.75) is 23.8 Å². The highest BCUT2D eigenvalue weighted by Crippen LogP contribution is 2.33. The van der Waals surface area contributed by atoms with Crippen LogP contribution in [0.5, 0.6) is 11.5 Å². The van der Waals surface area contributed by atoms with Gasteiger partial charge in [-0.3, -0.25) is 0 Å². The minimum absolute atomic E-state index is 0.278. The average molecular weight is 326 g/mol. The van der Waals surface area contributed by atoms with Gasteiger partial charge in [0.15, 0.2) is 11.5 Å². The van der Waals surface area contributed by atoms with E-state index in [-0.39, 0.29) is 4.90 Å². The molecule has 2 aliphatic rings. The van der Waals surface area contributed by atoms with Crippen LogP contribution in [0.4, 0.5) is 0 Å². The summed E-state index contributed by atoms with van der Waals surface area (Å²) in [7, 11) is 0.609. The van der Waals surface area contributed by atoms with Crippen molar-refractivity contribution in [1.29, 1.82) is 0 Å². The Labute approximate surface area is 131 Å². The first-order chi connectivity index (χ1) is 10.5. The Balaban J connectivity index is 1.79. The van der Waals surface area contributed by atoms with E-state index >= 15 is 0 Å². The van der Waals surface area contributed by atoms with Crippen LogP contribution in [-0.4, -0.2) is 64.1 Å². The van der Waals surface area contributed by atoms with Gasteiger partial charge < -0.3 is 14.4 Å². The first-order valence-corrected chi connectivity index (χ1v) is 8.99. The summed E-state index contributed by atoms with van der Waals surface area (Å²) in [6, 6.07) is 5.29. The van der Waals surface area contributed by atoms with Crippen LogP contribution in [0.25, 0.3) is 0 Å². The molecule has 0 unspecified atom stereocenters. The largest absolute Gasteiger partial charge is 0.486 e. The number of fused-ring (bicyclic) bond motifs is 1. The van der Waals surface area contributed by atoms with Gasteiger partial charge in [-0.05, 0) is 39.1 Å². The third-order valence-corrected chi connectivity index (χ3v) is 6.20. The molecule has 0 atom stereocenters. The van der Waals surface area contributed by atoms with Crippen LogP contribution >= 0.6 is 0 Å². The van der Waals surface area contributed by atoms with E-state index in [1.807, 2.05) is 14.1 Å². The summed E-state index contributed by atoms with van der Waals surface area (Å²) < 4.78 is 38.0. The number of ether oxygens (including phenoxy) is 2. The Bertz CT molecular complexity index is 637. The summed E-state index contributed by atoms with van der Waals surface area (Å²) >= 11 is 0. The molecule has 0 radical (unpaired) electrons. The predicted octanol–water partition coefficient (Wildman–Crippen LogP) is 1.17. The summed E-state index contributed by atoms with van der Waals surface area (Å²) in [5.74, 6) is 1.12. The molecule has 1 aromatic carbocycles. The summed E-state index contributed by atoms with van der Waals surface area (Å²) in [5, 5.41) is 0. The monoisotopic (exact) mass is 326 g/mol. The maximum absolute atomic E-state index is 12.8. The predicted molar refractivity (Wildman–Crippen MR) is 82.9 cm³/mol. The lowest BCUT2D eigenvalue weighted by molar-refractivity contribution is 0.171. The van der Waals surface area contributed by atoms with Crippen LogP contribution < -0.4 is 9.47 Å². The molecule has 3 rings (SSSR count). The van der Waals surface area contributed by atoms with Crippen molar-refractivity contribution in [3.8, 4) is 11.5 Å². The van der Waals surface area contributed by atoms with Crippen molar-refractivity contribution in [3.63, 3.8) is 0 Å². The number of sulfonamides is 1. The van der Waals surface area contributed by atoms with Gasteiger partial charge in [-0.1, -0.05) is 0 Å². The third-order valence-electron chi connectivity index (χ3n) is 4.31. The lowest BCUT2D eigenvalue weighted by Crippen LogP contribution is -2.44. The summed E-state index contributed by atoms with van der Waals surface area (Å²) in [5.41, 5.74) is 0. The number of hydrogen-bond donors (Lipinski definition) is 0. The van der Waals surface area contributed by atoms with E-state index in [4.69, 9.17) is 9.47 Å². The number of benzene rings is 1. The van der Waals surface area contributed by atoms with Crippen LogP contribution in [-0.2, 0) is 10.0 Å². The fraction of sp³-hybridized carbons (Fsp3) is 0.600. The highest BCUT2D eigenvalue weighted by Gasteiger charge is 2.31. The lowest BCUT2D eigenvalue weighted by Gasteiger charge is -2.34. The summed E-state index contributed by atoms with van der Waals surface area (Å²) in [4.78, 5) is 2.44. The molecular weight excluding hydrogens is 304 g/mol. The molecule has 0 bridgehead atoms. The highest BCUT2D eigenvalue weighted by molar-refractivity contribution is 7.89. The van der Waals surface area contributed by atoms with E-state index in [2.05, 4.69) is 4.90 Å². The van der Waals surface area contributed by atoms with Crippen molar-refractivity contribution >= 4 is 10.0 Å². The smallest absolute Gasteiger partial charge is 0.243 e. The molecule has 1 saturated heterocycles. The topological polar surface area (TPSA) is 59.1 Å². The number of hydrogen-bond acceptors (Lipinski definition) is 5. The van der Waals surface area contributed by atoms with Gasteiger partial charge in [0.2, 0.25) is 10.0 Å². The van der Waals surface area contributed by atoms with Gasteiger partial charge in [-0.25, -0.2) is 8.42 Å². The van der Waals surface area contributed by atoms with E-state index in [9.17, 15) is 8.42 Å². The van der Waals surface area contributed by atoms with E-state index < -0.39 is 10.0 Å². The number of rotatable bonds is 3. The molecule has 0 spiro atoms. The zero-order valence-electron chi connectivity index (χ0n) is 13.0. The van der Waals surface area contributed by atoms with Crippen LogP contribution in [0.1, 0.15) is 12.8 Å². The Kier molecular flexibility index (Phi) is 4.29. The normalized spacial score (nSPS) is 20.3. The van der Waals surface area contributed by atoms with Gasteiger partial charge in [0.1, 0.15) is 13.2 Å². The molecule has 7 heteroatoms. The Morgan fingerprint density at radius 1 is 1.09 bits per heavy atom. The Hall–Kier alpha value is -1.31. The second kappa shape index (κ2) is 6.06. The van der Waals surface area contributed by atoms with Gasteiger partial charge >= 0.3 is 0 Å². The second-order valence-electron chi connectivity index (χ2n) is 5.90. The van der Waals surface area contributed by atoms with E-state index in [0.717, 1.165) is 12.8 Å². The quantitative estimate of drug-likeness (QED) is 0.834. The second-order valence-corrected chi connectivity index (χ2v) is 7.84. The molecule has 22 heavy (non-hydrogen) atoms. The number of nitrogens with zero attached hydrogens (tertiary/aromatic N) is 2. The van der Waals surface area contributed by atoms with Crippen LogP contribution in [0.15, 0.2) is 23.1 Å². The van der Waals surface area contributed by atoms with Gasteiger partial charge in [-0.2, -0.15) is 4.31 Å².